The molecular formula is C16H31NO2. The second-order valence-corrected chi connectivity index (χ2v) is 6.66. The van der Waals surface area contributed by atoms with Crippen LogP contribution in [0, 0.1) is 11.3 Å². The Labute approximate surface area is 118 Å². The molecule has 0 radical (unpaired) electrons. The highest BCUT2D eigenvalue weighted by atomic mass is 16.5. The Morgan fingerprint density at radius 1 is 1.16 bits per heavy atom. The van der Waals surface area contributed by atoms with Crippen LogP contribution in [0.4, 0.5) is 0 Å². The molecule has 2 rings (SSSR count). The minimum atomic E-state index is 0.0819. The summed E-state index contributed by atoms with van der Waals surface area (Å²) in [6.07, 6.45) is 10.2. The van der Waals surface area contributed by atoms with E-state index >= 15 is 0 Å². The first-order chi connectivity index (χ1) is 9.28. The van der Waals surface area contributed by atoms with Crippen LogP contribution in [0.1, 0.15) is 58.3 Å². The van der Waals surface area contributed by atoms with Crippen LogP contribution in [-0.2, 0) is 4.74 Å². The molecule has 3 nitrogen and oxygen atoms in total. The van der Waals surface area contributed by atoms with E-state index in [1.807, 2.05) is 0 Å². The fourth-order valence-corrected chi connectivity index (χ4v) is 3.62. The molecule has 112 valence electrons. The number of nitrogens with one attached hydrogen (secondary N) is 1. The molecule has 2 N–H and O–H groups in total. The SMILES string of the molecule is CCCC1CCC(NCC2(CO)CCOCC2)CC1. The first-order valence-corrected chi connectivity index (χ1v) is 8.20. The van der Waals surface area contributed by atoms with Gasteiger partial charge in [-0.15, -0.1) is 0 Å². The number of ether oxygens (including phenoxy) is 1. The van der Waals surface area contributed by atoms with Gasteiger partial charge in [0.15, 0.2) is 0 Å². The van der Waals surface area contributed by atoms with Crippen LogP contribution in [0.5, 0.6) is 0 Å². The molecule has 1 saturated heterocycles. The number of hydrogen-bond donors (Lipinski definition) is 2. The van der Waals surface area contributed by atoms with E-state index in [9.17, 15) is 5.11 Å². The first kappa shape index (κ1) is 15.3. The van der Waals surface area contributed by atoms with Crippen molar-refractivity contribution in [2.45, 2.75) is 64.3 Å². The maximum Gasteiger partial charge on any atom is 0.0501 e. The average Bonchev–Trinajstić information content (AvgIpc) is 2.48. The largest absolute Gasteiger partial charge is 0.396 e. The van der Waals surface area contributed by atoms with Gasteiger partial charge in [-0.1, -0.05) is 19.8 Å². The minimum Gasteiger partial charge on any atom is -0.396 e. The molecule has 19 heavy (non-hydrogen) atoms. The fourth-order valence-electron chi connectivity index (χ4n) is 3.62. The summed E-state index contributed by atoms with van der Waals surface area (Å²) in [5.74, 6) is 0.970. The van der Waals surface area contributed by atoms with Crippen molar-refractivity contribution in [2.75, 3.05) is 26.4 Å². The molecule has 2 aliphatic rings. The van der Waals surface area contributed by atoms with E-state index in [0.29, 0.717) is 12.6 Å². The maximum absolute atomic E-state index is 9.69. The van der Waals surface area contributed by atoms with Gasteiger partial charge in [0, 0.05) is 31.2 Å². The molecule has 0 atom stereocenters. The van der Waals surface area contributed by atoms with Crippen LogP contribution in [-0.4, -0.2) is 37.5 Å². The molecule has 1 aliphatic heterocycles. The van der Waals surface area contributed by atoms with Crippen molar-refractivity contribution in [3.8, 4) is 0 Å². The lowest BCUT2D eigenvalue weighted by Crippen LogP contribution is -2.46. The molecule has 0 unspecified atom stereocenters. The summed E-state index contributed by atoms with van der Waals surface area (Å²) in [5, 5.41) is 13.4. The van der Waals surface area contributed by atoms with Crippen LogP contribution < -0.4 is 5.32 Å². The Kier molecular flexibility index (Phi) is 6.11. The van der Waals surface area contributed by atoms with Gasteiger partial charge in [0.1, 0.15) is 0 Å². The third kappa shape index (κ3) is 4.44. The molecule has 0 aromatic heterocycles. The van der Waals surface area contributed by atoms with Crippen LogP contribution in [0.2, 0.25) is 0 Å². The predicted octanol–water partition coefficient (Wildman–Crippen LogP) is 2.72. The number of hydrogen-bond acceptors (Lipinski definition) is 3. The van der Waals surface area contributed by atoms with Gasteiger partial charge in [-0.25, -0.2) is 0 Å². The quantitative estimate of drug-likeness (QED) is 0.779. The number of aliphatic hydroxyl groups is 1. The molecule has 0 aromatic carbocycles. The third-order valence-electron chi connectivity index (χ3n) is 5.20. The highest BCUT2D eigenvalue weighted by Gasteiger charge is 2.32. The minimum absolute atomic E-state index is 0.0819. The summed E-state index contributed by atoms with van der Waals surface area (Å²) in [7, 11) is 0. The van der Waals surface area contributed by atoms with Crippen molar-refractivity contribution < 1.29 is 9.84 Å². The van der Waals surface area contributed by atoms with Gasteiger partial charge in [-0.3, -0.25) is 0 Å². The molecule has 1 heterocycles. The Morgan fingerprint density at radius 2 is 1.84 bits per heavy atom. The lowest BCUT2D eigenvalue weighted by atomic mass is 9.79. The lowest BCUT2D eigenvalue weighted by molar-refractivity contribution is -0.0172. The fraction of sp³-hybridized carbons (Fsp3) is 1.00. The second kappa shape index (κ2) is 7.61. The smallest absolute Gasteiger partial charge is 0.0501 e. The van der Waals surface area contributed by atoms with E-state index < -0.39 is 0 Å². The van der Waals surface area contributed by atoms with E-state index in [1.54, 1.807) is 0 Å². The van der Waals surface area contributed by atoms with E-state index in [-0.39, 0.29) is 5.41 Å². The Bertz CT molecular complexity index is 243. The molecular weight excluding hydrogens is 238 g/mol. The molecule has 1 aliphatic carbocycles. The molecule has 0 spiro atoms. The topological polar surface area (TPSA) is 41.5 Å². The van der Waals surface area contributed by atoms with Crippen LogP contribution >= 0.6 is 0 Å². The molecule has 0 aromatic rings. The van der Waals surface area contributed by atoms with Crippen LogP contribution in [0.25, 0.3) is 0 Å². The summed E-state index contributed by atoms with van der Waals surface area (Å²) in [4.78, 5) is 0. The van der Waals surface area contributed by atoms with Crippen molar-refractivity contribution in [1.82, 2.24) is 5.32 Å². The summed E-state index contributed by atoms with van der Waals surface area (Å²) in [6.45, 7) is 5.18. The Morgan fingerprint density at radius 3 is 2.42 bits per heavy atom. The molecule has 2 fully saturated rings. The average molecular weight is 269 g/mol. The predicted molar refractivity (Wildman–Crippen MR) is 78.2 cm³/mol. The second-order valence-electron chi connectivity index (χ2n) is 6.66. The lowest BCUT2D eigenvalue weighted by Gasteiger charge is -2.38. The van der Waals surface area contributed by atoms with Gasteiger partial charge in [0.05, 0.1) is 6.61 Å². The van der Waals surface area contributed by atoms with E-state index in [4.69, 9.17) is 4.74 Å². The van der Waals surface area contributed by atoms with Gasteiger partial charge in [-0.05, 0) is 44.4 Å². The van der Waals surface area contributed by atoms with Crippen molar-refractivity contribution >= 4 is 0 Å². The van der Waals surface area contributed by atoms with E-state index in [1.165, 1.54) is 38.5 Å². The first-order valence-electron chi connectivity index (χ1n) is 8.20. The van der Waals surface area contributed by atoms with E-state index in [2.05, 4.69) is 12.2 Å². The number of rotatable bonds is 6. The monoisotopic (exact) mass is 269 g/mol. The summed E-state index contributed by atoms with van der Waals surface area (Å²) in [6, 6.07) is 0.680. The van der Waals surface area contributed by atoms with Gasteiger partial charge in [0.25, 0.3) is 0 Å². The van der Waals surface area contributed by atoms with E-state index in [0.717, 1.165) is 38.5 Å². The van der Waals surface area contributed by atoms with Gasteiger partial charge in [0.2, 0.25) is 0 Å². The standard InChI is InChI=1S/C16H31NO2/c1-2-3-14-4-6-15(7-5-14)17-12-16(13-18)8-10-19-11-9-16/h14-15,17-18H,2-13H2,1H3. The van der Waals surface area contributed by atoms with Crippen molar-refractivity contribution in [3.63, 3.8) is 0 Å². The summed E-state index contributed by atoms with van der Waals surface area (Å²) >= 11 is 0. The molecule has 0 amide bonds. The highest BCUT2D eigenvalue weighted by molar-refractivity contribution is 4.86. The zero-order chi connectivity index (χ0) is 13.6. The molecule has 0 bridgehead atoms. The molecule has 3 heteroatoms. The molecule has 1 saturated carbocycles. The summed E-state index contributed by atoms with van der Waals surface area (Å²) in [5.41, 5.74) is 0.0819. The zero-order valence-corrected chi connectivity index (χ0v) is 12.5. The Balaban J connectivity index is 1.70. The van der Waals surface area contributed by atoms with Gasteiger partial charge in [-0.2, -0.15) is 0 Å². The van der Waals surface area contributed by atoms with Crippen LogP contribution in [0.15, 0.2) is 0 Å². The third-order valence-corrected chi connectivity index (χ3v) is 5.20. The van der Waals surface area contributed by atoms with Gasteiger partial charge >= 0.3 is 0 Å². The van der Waals surface area contributed by atoms with Crippen LogP contribution in [0.3, 0.4) is 0 Å². The zero-order valence-electron chi connectivity index (χ0n) is 12.5. The van der Waals surface area contributed by atoms with Crippen molar-refractivity contribution in [1.29, 1.82) is 0 Å². The normalized spacial score (nSPS) is 31.3. The highest BCUT2D eigenvalue weighted by Crippen LogP contribution is 2.31. The maximum atomic E-state index is 9.69. The van der Waals surface area contributed by atoms with Crippen molar-refractivity contribution in [3.05, 3.63) is 0 Å². The number of aliphatic hydroxyl groups excluding tert-OH is 1. The van der Waals surface area contributed by atoms with Crippen molar-refractivity contribution in [2.24, 2.45) is 11.3 Å². The Hall–Kier alpha value is -0.120. The summed E-state index contributed by atoms with van der Waals surface area (Å²) < 4.78 is 5.42. The van der Waals surface area contributed by atoms with Gasteiger partial charge < -0.3 is 15.2 Å².